The number of hydrogen-bond acceptors (Lipinski definition) is 3. The zero-order valence-electron chi connectivity index (χ0n) is 9.60. The maximum atomic E-state index is 12.0. The molecular weight excluding hydrogens is 210 g/mol. The number of carbonyl (C=O) groups is 2. The van der Waals surface area contributed by atoms with Crippen molar-refractivity contribution in [2.75, 3.05) is 13.1 Å². The van der Waals surface area contributed by atoms with Gasteiger partial charge in [-0.2, -0.15) is 5.10 Å². The molecule has 0 aliphatic rings. The van der Waals surface area contributed by atoms with Crippen molar-refractivity contribution in [2.45, 2.75) is 13.8 Å². The van der Waals surface area contributed by atoms with Crippen molar-refractivity contribution in [3.8, 4) is 0 Å². The summed E-state index contributed by atoms with van der Waals surface area (Å²) in [6.07, 6.45) is 1.43. The molecule has 1 amide bonds. The van der Waals surface area contributed by atoms with Crippen LogP contribution in [0, 0.1) is 0 Å². The van der Waals surface area contributed by atoms with Gasteiger partial charge >= 0.3 is 5.97 Å². The molecule has 0 atom stereocenters. The number of aryl methyl sites for hydroxylation is 1. The van der Waals surface area contributed by atoms with Crippen molar-refractivity contribution in [1.29, 1.82) is 0 Å². The quantitative estimate of drug-likeness (QED) is 0.814. The van der Waals surface area contributed by atoms with Gasteiger partial charge in [0, 0.05) is 26.3 Å². The summed E-state index contributed by atoms with van der Waals surface area (Å²) in [5.74, 6) is -1.48. The molecule has 1 N–H and O–H groups in total. The lowest BCUT2D eigenvalue weighted by Crippen LogP contribution is -2.31. The molecule has 1 rings (SSSR count). The first-order valence-electron chi connectivity index (χ1n) is 5.07. The van der Waals surface area contributed by atoms with Gasteiger partial charge in [-0.1, -0.05) is 0 Å². The topological polar surface area (TPSA) is 75.4 Å². The highest BCUT2D eigenvalue weighted by atomic mass is 16.4. The number of carboxylic acid groups (broad SMARTS) is 1. The average molecular weight is 225 g/mol. The first kappa shape index (κ1) is 12.2. The van der Waals surface area contributed by atoms with E-state index in [2.05, 4.69) is 5.10 Å². The normalized spacial score (nSPS) is 10.2. The van der Waals surface area contributed by atoms with Crippen LogP contribution in [0.15, 0.2) is 6.20 Å². The minimum absolute atomic E-state index is 0.138. The highest BCUT2D eigenvalue weighted by Crippen LogP contribution is 2.10. The average Bonchev–Trinajstić information content (AvgIpc) is 2.62. The first-order chi connectivity index (χ1) is 7.51. The fraction of sp³-hybridized carbons (Fsp3) is 0.500. The lowest BCUT2D eigenvalue weighted by molar-refractivity contribution is 0.0672. The molecule has 0 saturated carbocycles. The maximum absolute atomic E-state index is 12.0. The van der Waals surface area contributed by atoms with E-state index < -0.39 is 5.97 Å². The molecule has 6 heteroatoms. The second-order valence-electron chi connectivity index (χ2n) is 3.35. The summed E-state index contributed by atoms with van der Waals surface area (Å²) in [4.78, 5) is 24.4. The van der Waals surface area contributed by atoms with Gasteiger partial charge in [-0.25, -0.2) is 4.79 Å². The molecule has 6 nitrogen and oxygen atoms in total. The standard InChI is InChI=1S/C10H15N3O3/c1-4-13(5-2)9(14)7-6-12(3)11-8(7)10(15)16/h6H,4-5H2,1-3H3,(H,15,16). The van der Waals surface area contributed by atoms with E-state index in [-0.39, 0.29) is 17.2 Å². The molecule has 1 aromatic heterocycles. The summed E-state index contributed by atoms with van der Waals surface area (Å²) >= 11 is 0. The van der Waals surface area contributed by atoms with Crippen LogP contribution < -0.4 is 0 Å². The van der Waals surface area contributed by atoms with Gasteiger partial charge in [-0.05, 0) is 13.8 Å². The van der Waals surface area contributed by atoms with Crippen molar-refractivity contribution in [1.82, 2.24) is 14.7 Å². The lowest BCUT2D eigenvalue weighted by Gasteiger charge is -2.17. The van der Waals surface area contributed by atoms with Crippen molar-refractivity contribution < 1.29 is 14.7 Å². The van der Waals surface area contributed by atoms with E-state index in [1.165, 1.54) is 10.9 Å². The number of carbonyl (C=O) groups excluding carboxylic acids is 1. The maximum Gasteiger partial charge on any atom is 0.357 e. The van der Waals surface area contributed by atoms with Gasteiger partial charge in [0.2, 0.25) is 0 Å². The van der Waals surface area contributed by atoms with Crippen LogP contribution in [-0.4, -0.2) is 44.8 Å². The third kappa shape index (κ3) is 2.21. The molecule has 1 heterocycles. The van der Waals surface area contributed by atoms with E-state index in [4.69, 9.17) is 5.11 Å². The van der Waals surface area contributed by atoms with Gasteiger partial charge in [0.15, 0.2) is 5.69 Å². The minimum atomic E-state index is -1.18. The lowest BCUT2D eigenvalue weighted by atomic mass is 10.2. The van der Waals surface area contributed by atoms with E-state index in [1.807, 2.05) is 13.8 Å². The second-order valence-corrected chi connectivity index (χ2v) is 3.35. The molecule has 0 spiro atoms. The molecule has 0 aromatic carbocycles. The molecule has 16 heavy (non-hydrogen) atoms. The molecule has 88 valence electrons. The summed E-state index contributed by atoms with van der Waals surface area (Å²) in [5, 5.41) is 12.7. The number of amides is 1. The third-order valence-electron chi connectivity index (χ3n) is 2.31. The number of aromatic carboxylic acids is 1. The number of hydrogen-bond donors (Lipinski definition) is 1. The summed E-state index contributed by atoms with van der Waals surface area (Å²) in [6, 6.07) is 0. The Morgan fingerprint density at radius 2 is 2.00 bits per heavy atom. The Hall–Kier alpha value is -1.85. The van der Waals surface area contributed by atoms with Crippen LogP contribution in [0.1, 0.15) is 34.7 Å². The Balaban J connectivity index is 3.12. The number of nitrogens with zero attached hydrogens (tertiary/aromatic N) is 3. The van der Waals surface area contributed by atoms with Gasteiger partial charge in [-0.3, -0.25) is 9.48 Å². The van der Waals surface area contributed by atoms with Crippen LogP contribution >= 0.6 is 0 Å². The van der Waals surface area contributed by atoms with E-state index in [9.17, 15) is 9.59 Å². The zero-order chi connectivity index (χ0) is 12.3. The molecule has 0 radical (unpaired) electrons. The summed E-state index contributed by atoms with van der Waals surface area (Å²) in [6.45, 7) is 4.78. The van der Waals surface area contributed by atoms with Crippen molar-refractivity contribution >= 4 is 11.9 Å². The summed E-state index contributed by atoms with van der Waals surface area (Å²) in [7, 11) is 1.59. The van der Waals surface area contributed by atoms with Gasteiger partial charge in [0.25, 0.3) is 5.91 Å². The fourth-order valence-corrected chi connectivity index (χ4v) is 1.48. The monoisotopic (exact) mass is 225 g/mol. The molecule has 0 fully saturated rings. The smallest absolute Gasteiger partial charge is 0.357 e. The Bertz CT molecular complexity index is 407. The fourth-order valence-electron chi connectivity index (χ4n) is 1.48. The van der Waals surface area contributed by atoms with E-state index in [0.29, 0.717) is 13.1 Å². The molecule has 0 aliphatic heterocycles. The van der Waals surface area contributed by atoms with Crippen LogP contribution in [0.4, 0.5) is 0 Å². The minimum Gasteiger partial charge on any atom is -0.476 e. The predicted molar refractivity (Wildman–Crippen MR) is 57.4 cm³/mol. The van der Waals surface area contributed by atoms with Gasteiger partial charge < -0.3 is 10.0 Å². The zero-order valence-corrected chi connectivity index (χ0v) is 9.60. The largest absolute Gasteiger partial charge is 0.476 e. The molecule has 0 unspecified atom stereocenters. The van der Waals surface area contributed by atoms with Crippen LogP contribution in [0.25, 0.3) is 0 Å². The van der Waals surface area contributed by atoms with Crippen LogP contribution in [0.3, 0.4) is 0 Å². The summed E-state index contributed by atoms with van der Waals surface area (Å²) < 4.78 is 1.33. The van der Waals surface area contributed by atoms with E-state index in [0.717, 1.165) is 0 Å². The SMILES string of the molecule is CCN(CC)C(=O)c1cn(C)nc1C(=O)O. The van der Waals surface area contributed by atoms with Gasteiger partial charge in [-0.15, -0.1) is 0 Å². The van der Waals surface area contributed by atoms with Gasteiger partial charge in [0.05, 0.1) is 5.56 Å². The van der Waals surface area contributed by atoms with Crippen molar-refractivity contribution in [3.63, 3.8) is 0 Å². The second kappa shape index (κ2) is 4.78. The first-order valence-corrected chi connectivity index (χ1v) is 5.07. The molecule has 0 saturated heterocycles. The Kier molecular flexibility index (Phi) is 3.65. The molecule has 1 aromatic rings. The molecule has 0 aliphatic carbocycles. The van der Waals surface area contributed by atoms with Gasteiger partial charge in [0.1, 0.15) is 0 Å². The Morgan fingerprint density at radius 1 is 1.44 bits per heavy atom. The van der Waals surface area contributed by atoms with Crippen LogP contribution in [-0.2, 0) is 7.05 Å². The Labute approximate surface area is 93.5 Å². The predicted octanol–water partition coefficient (Wildman–Crippen LogP) is 0.600. The summed E-state index contributed by atoms with van der Waals surface area (Å²) in [5.41, 5.74) is -0.0573. The van der Waals surface area contributed by atoms with E-state index in [1.54, 1.807) is 11.9 Å². The number of carboxylic acids is 1. The number of aromatic nitrogens is 2. The van der Waals surface area contributed by atoms with Crippen LogP contribution in [0.5, 0.6) is 0 Å². The Morgan fingerprint density at radius 3 is 2.44 bits per heavy atom. The van der Waals surface area contributed by atoms with E-state index >= 15 is 0 Å². The van der Waals surface area contributed by atoms with Crippen LogP contribution in [0.2, 0.25) is 0 Å². The van der Waals surface area contributed by atoms with Crippen molar-refractivity contribution in [3.05, 3.63) is 17.5 Å². The molecular formula is C10H15N3O3. The highest BCUT2D eigenvalue weighted by molar-refractivity contribution is 6.03. The molecule has 0 bridgehead atoms. The third-order valence-corrected chi connectivity index (χ3v) is 2.31. The highest BCUT2D eigenvalue weighted by Gasteiger charge is 2.23. The van der Waals surface area contributed by atoms with Crippen molar-refractivity contribution in [2.24, 2.45) is 7.05 Å². The number of rotatable bonds is 4.